The van der Waals surface area contributed by atoms with E-state index < -0.39 is 0 Å². The van der Waals surface area contributed by atoms with Crippen molar-refractivity contribution in [1.82, 2.24) is 14.7 Å². The Bertz CT molecular complexity index is 436. The number of hydrogen-bond donors (Lipinski definition) is 0. The standard InChI is InChI=1S/C12H16BrN3O2/c13-10-5-14-16(6-10)11-7-15(8-11)12(17)9-1-3-18-4-2-9/h5-6,9,11H,1-4,7-8H2. The van der Waals surface area contributed by atoms with Gasteiger partial charge in [-0.15, -0.1) is 0 Å². The highest BCUT2D eigenvalue weighted by molar-refractivity contribution is 9.10. The van der Waals surface area contributed by atoms with Crippen LogP contribution in [-0.4, -0.2) is 46.9 Å². The van der Waals surface area contributed by atoms with Crippen molar-refractivity contribution in [2.24, 2.45) is 5.92 Å². The van der Waals surface area contributed by atoms with Gasteiger partial charge in [-0.05, 0) is 28.8 Å². The summed E-state index contributed by atoms with van der Waals surface area (Å²) >= 11 is 3.38. The number of halogens is 1. The molecule has 1 aromatic rings. The average Bonchev–Trinajstić information content (AvgIpc) is 2.75. The average molecular weight is 314 g/mol. The van der Waals surface area contributed by atoms with Crippen LogP contribution in [0.1, 0.15) is 18.9 Å². The van der Waals surface area contributed by atoms with Crippen LogP contribution in [0.5, 0.6) is 0 Å². The molecule has 98 valence electrons. The van der Waals surface area contributed by atoms with Crippen LogP contribution >= 0.6 is 15.9 Å². The normalized spacial score (nSPS) is 21.9. The summed E-state index contributed by atoms with van der Waals surface area (Å²) in [6.07, 6.45) is 5.48. The maximum absolute atomic E-state index is 12.2. The Balaban J connectivity index is 1.53. The molecule has 0 aliphatic carbocycles. The third-order valence-corrected chi connectivity index (χ3v) is 4.10. The molecule has 0 radical (unpaired) electrons. The molecule has 1 aromatic heterocycles. The fraction of sp³-hybridized carbons (Fsp3) is 0.667. The minimum atomic E-state index is 0.170. The maximum atomic E-state index is 12.2. The second-order valence-corrected chi connectivity index (χ2v) is 5.84. The molecule has 2 saturated heterocycles. The molecule has 0 N–H and O–H groups in total. The summed E-state index contributed by atoms with van der Waals surface area (Å²) in [6.45, 7) is 3.01. The summed E-state index contributed by atoms with van der Waals surface area (Å²) in [5.41, 5.74) is 0. The molecule has 3 rings (SSSR count). The zero-order valence-corrected chi connectivity index (χ0v) is 11.7. The van der Waals surface area contributed by atoms with Crippen LogP contribution in [-0.2, 0) is 9.53 Å². The number of carbonyl (C=O) groups is 1. The van der Waals surface area contributed by atoms with Crippen molar-refractivity contribution < 1.29 is 9.53 Å². The zero-order valence-electron chi connectivity index (χ0n) is 10.1. The molecule has 5 nitrogen and oxygen atoms in total. The first kappa shape index (κ1) is 12.2. The molecular formula is C12H16BrN3O2. The third-order valence-electron chi connectivity index (χ3n) is 3.69. The number of amides is 1. The number of aromatic nitrogens is 2. The summed E-state index contributed by atoms with van der Waals surface area (Å²) in [5, 5.41) is 4.26. The van der Waals surface area contributed by atoms with Gasteiger partial charge in [-0.3, -0.25) is 9.48 Å². The van der Waals surface area contributed by atoms with Crippen molar-refractivity contribution in [2.75, 3.05) is 26.3 Å². The van der Waals surface area contributed by atoms with E-state index in [4.69, 9.17) is 4.74 Å². The van der Waals surface area contributed by atoms with Crippen molar-refractivity contribution in [3.05, 3.63) is 16.9 Å². The molecule has 2 aliphatic heterocycles. The number of hydrogen-bond acceptors (Lipinski definition) is 3. The molecule has 1 amide bonds. The lowest BCUT2D eigenvalue weighted by Crippen LogP contribution is -2.53. The van der Waals surface area contributed by atoms with Crippen molar-refractivity contribution in [2.45, 2.75) is 18.9 Å². The van der Waals surface area contributed by atoms with Crippen molar-refractivity contribution >= 4 is 21.8 Å². The molecule has 0 spiro atoms. The summed E-state index contributed by atoms with van der Waals surface area (Å²) < 4.78 is 8.20. The molecule has 18 heavy (non-hydrogen) atoms. The minimum absolute atomic E-state index is 0.170. The molecule has 6 heteroatoms. The molecular weight excluding hydrogens is 298 g/mol. The van der Waals surface area contributed by atoms with Crippen LogP contribution in [0.25, 0.3) is 0 Å². The van der Waals surface area contributed by atoms with Crippen LogP contribution < -0.4 is 0 Å². The number of ether oxygens (including phenoxy) is 1. The van der Waals surface area contributed by atoms with E-state index in [-0.39, 0.29) is 5.92 Å². The Morgan fingerprint density at radius 2 is 2.11 bits per heavy atom. The Kier molecular flexibility index (Phi) is 3.39. The van der Waals surface area contributed by atoms with E-state index in [1.807, 2.05) is 15.8 Å². The second-order valence-electron chi connectivity index (χ2n) is 4.92. The van der Waals surface area contributed by atoms with Gasteiger partial charge in [-0.25, -0.2) is 0 Å². The predicted octanol–water partition coefficient (Wildman–Crippen LogP) is 1.46. The molecule has 0 saturated carbocycles. The molecule has 2 aliphatic rings. The lowest BCUT2D eigenvalue weighted by molar-refractivity contribution is -0.144. The van der Waals surface area contributed by atoms with Crippen LogP contribution in [0.3, 0.4) is 0 Å². The predicted molar refractivity (Wildman–Crippen MR) is 69.1 cm³/mol. The van der Waals surface area contributed by atoms with E-state index in [0.29, 0.717) is 11.9 Å². The van der Waals surface area contributed by atoms with E-state index in [0.717, 1.165) is 43.6 Å². The van der Waals surface area contributed by atoms with E-state index in [1.165, 1.54) is 0 Å². The monoisotopic (exact) mass is 313 g/mol. The van der Waals surface area contributed by atoms with Gasteiger partial charge in [0.1, 0.15) is 0 Å². The number of rotatable bonds is 2. The van der Waals surface area contributed by atoms with Gasteiger partial charge >= 0.3 is 0 Å². The first-order valence-electron chi connectivity index (χ1n) is 6.30. The SMILES string of the molecule is O=C(C1CCOCC1)N1CC(n2cc(Br)cn2)C1. The van der Waals surface area contributed by atoms with Crippen molar-refractivity contribution in [1.29, 1.82) is 0 Å². The lowest BCUT2D eigenvalue weighted by atomic mass is 9.96. The van der Waals surface area contributed by atoms with Gasteiger partial charge in [0.25, 0.3) is 0 Å². The van der Waals surface area contributed by atoms with Crippen molar-refractivity contribution in [3.63, 3.8) is 0 Å². The number of likely N-dealkylation sites (tertiary alicyclic amines) is 1. The third kappa shape index (κ3) is 2.31. The fourth-order valence-electron chi connectivity index (χ4n) is 2.52. The van der Waals surface area contributed by atoms with E-state index in [9.17, 15) is 4.79 Å². The molecule has 2 fully saturated rings. The smallest absolute Gasteiger partial charge is 0.226 e. The Morgan fingerprint density at radius 1 is 1.39 bits per heavy atom. The van der Waals surface area contributed by atoms with Crippen LogP contribution in [0.15, 0.2) is 16.9 Å². The van der Waals surface area contributed by atoms with Crippen molar-refractivity contribution in [3.8, 4) is 0 Å². The van der Waals surface area contributed by atoms with Crippen LogP contribution in [0.2, 0.25) is 0 Å². The van der Waals surface area contributed by atoms with Crippen LogP contribution in [0, 0.1) is 5.92 Å². The summed E-state index contributed by atoms with van der Waals surface area (Å²) in [6, 6.07) is 0.333. The highest BCUT2D eigenvalue weighted by atomic mass is 79.9. The molecule has 0 aromatic carbocycles. The van der Waals surface area contributed by atoms with E-state index in [1.54, 1.807) is 6.20 Å². The van der Waals surface area contributed by atoms with Gasteiger partial charge in [-0.1, -0.05) is 0 Å². The summed E-state index contributed by atoms with van der Waals surface area (Å²) in [4.78, 5) is 14.1. The first-order valence-corrected chi connectivity index (χ1v) is 7.09. The highest BCUT2D eigenvalue weighted by Crippen LogP contribution is 2.26. The Hall–Kier alpha value is -0.880. The van der Waals surface area contributed by atoms with Gasteiger partial charge in [0.2, 0.25) is 5.91 Å². The van der Waals surface area contributed by atoms with Gasteiger partial charge in [0.05, 0.1) is 16.7 Å². The minimum Gasteiger partial charge on any atom is -0.381 e. The second kappa shape index (κ2) is 5.01. The molecule has 3 heterocycles. The van der Waals surface area contributed by atoms with Gasteiger partial charge in [0.15, 0.2) is 0 Å². The Labute approximate surface area is 114 Å². The fourth-order valence-corrected chi connectivity index (χ4v) is 2.82. The van der Waals surface area contributed by atoms with E-state index >= 15 is 0 Å². The summed E-state index contributed by atoms with van der Waals surface area (Å²) in [7, 11) is 0. The molecule has 0 atom stereocenters. The first-order chi connectivity index (χ1) is 8.74. The van der Waals surface area contributed by atoms with Gasteiger partial charge in [0, 0.05) is 38.4 Å². The highest BCUT2D eigenvalue weighted by Gasteiger charge is 2.36. The van der Waals surface area contributed by atoms with E-state index in [2.05, 4.69) is 21.0 Å². The largest absolute Gasteiger partial charge is 0.381 e. The number of carbonyl (C=O) groups excluding carboxylic acids is 1. The summed E-state index contributed by atoms with van der Waals surface area (Å²) in [5.74, 6) is 0.463. The maximum Gasteiger partial charge on any atom is 0.226 e. The van der Waals surface area contributed by atoms with Gasteiger partial charge in [-0.2, -0.15) is 5.10 Å². The molecule has 0 bridgehead atoms. The zero-order chi connectivity index (χ0) is 12.5. The Morgan fingerprint density at radius 3 is 2.72 bits per heavy atom. The quantitative estimate of drug-likeness (QED) is 0.830. The lowest BCUT2D eigenvalue weighted by Gasteiger charge is -2.41. The van der Waals surface area contributed by atoms with Crippen LogP contribution in [0.4, 0.5) is 0 Å². The number of nitrogens with zero attached hydrogens (tertiary/aromatic N) is 3. The molecule has 0 unspecified atom stereocenters. The van der Waals surface area contributed by atoms with Gasteiger partial charge < -0.3 is 9.64 Å². The topological polar surface area (TPSA) is 47.4 Å².